The molecule has 3 aromatic rings. The third-order valence-corrected chi connectivity index (χ3v) is 4.53. The summed E-state index contributed by atoms with van der Waals surface area (Å²) >= 11 is 0. The lowest BCUT2D eigenvalue weighted by Gasteiger charge is -2.30. The second kappa shape index (κ2) is 6.00. The summed E-state index contributed by atoms with van der Waals surface area (Å²) in [5, 5.41) is 8.79. The number of aromatic nitrogens is 2. The topological polar surface area (TPSA) is 81.6 Å². The number of fused-ring (bicyclic) bond motifs is 1. The quantitative estimate of drug-likeness (QED) is 0.713. The van der Waals surface area contributed by atoms with Crippen LogP contribution in [0.2, 0.25) is 0 Å². The van der Waals surface area contributed by atoms with E-state index in [1.807, 2.05) is 32.0 Å². The fourth-order valence-electron chi connectivity index (χ4n) is 3.16. The van der Waals surface area contributed by atoms with Gasteiger partial charge >= 0.3 is 0 Å². The highest BCUT2D eigenvalue weighted by molar-refractivity contribution is 5.99. The molecular formula is C18H19N3O4. The van der Waals surface area contributed by atoms with E-state index < -0.39 is 6.10 Å². The lowest BCUT2D eigenvalue weighted by atomic mass is 10.1. The largest absolute Gasteiger partial charge is 0.450 e. The van der Waals surface area contributed by atoms with Crippen molar-refractivity contribution in [2.45, 2.75) is 26.9 Å². The number of hydrogen-bond donors (Lipinski definition) is 0. The van der Waals surface area contributed by atoms with Gasteiger partial charge in [0.05, 0.1) is 13.2 Å². The van der Waals surface area contributed by atoms with Crippen LogP contribution in [-0.2, 0) is 4.74 Å². The van der Waals surface area contributed by atoms with E-state index in [1.165, 1.54) is 0 Å². The maximum Gasteiger partial charge on any atom is 0.290 e. The highest BCUT2D eigenvalue weighted by Gasteiger charge is 2.32. The molecule has 1 fully saturated rings. The lowest BCUT2D eigenvalue weighted by Crippen LogP contribution is -2.42. The zero-order valence-corrected chi connectivity index (χ0v) is 14.4. The van der Waals surface area contributed by atoms with Gasteiger partial charge in [0, 0.05) is 24.4 Å². The molecule has 1 amide bonds. The van der Waals surface area contributed by atoms with Gasteiger partial charge in [-0.25, -0.2) is 0 Å². The third-order valence-electron chi connectivity index (χ3n) is 4.53. The number of aryl methyl sites for hydroxylation is 3. The molecule has 1 aliphatic heterocycles. The first-order valence-electron chi connectivity index (χ1n) is 8.24. The Morgan fingerprint density at radius 3 is 2.76 bits per heavy atom. The van der Waals surface area contributed by atoms with E-state index in [9.17, 15) is 4.79 Å². The number of carbonyl (C=O) groups excluding carboxylic acids is 1. The highest BCUT2D eigenvalue weighted by atomic mass is 16.5. The molecule has 1 saturated heterocycles. The number of amides is 1. The first-order chi connectivity index (χ1) is 12.0. The molecule has 2 aromatic heterocycles. The van der Waals surface area contributed by atoms with E-state index >= 15 is 0 Å². The summed E-state index contributed by atoms with van der Waals surface area (Å²) < 4.78 is 17.0. The van der Waals surface area contributed by atoms with Crippen molar-refractivity contribution in [2.75, 3.05) is 19.7 Å². The van der Waals surface area contributed by atoms with E-state index in [0.717, 1.165) is 22.1 Å². The van der Waals surface area contributed by atoms with Crippen molar-refractivity contribution in [1.82, 2.24) is 15.1 Å². The number of benzene rings is 1. The van der Waals surface area contributed by atoms with Crippen molar-refractivity contribution in [3.05, 3.63) is 46.9 Å². The number of para-hydroxylation sites is 1. The van der Waals surface area contributed by atoms with Gasteiger partial charge in [0.15, 0.2) is 11.9 Å². The summed E-state index contributed by atoms with van der Waals surface area (Å²) in [5.41, 5.74) is 2.64. The van der Waals surface area contributed by atoms with Crippen LogP contribution in [0, 0.1) is 20.8 Å². The number of rotatable bonds is 2. The first kappa shape index (κ1) is 15.8. The van der Waals surface area contributed by atoms with Crippen molar-refractivity contribution in [2.24, 2.45) is 0 Å². The summed E-state index contributed by atoms with van der Waals surface area (Å²) in [5.74, 6) is 1.11. The number of hydrogen-bond acceptors (Lipinski definition) is 6. The summed E-state index contributed by atoms with van der Waals surface area (Å²) in [6.07, 6.45) is -0.412. The molecule has 4 rings (SSSR count). The molecule has 0 spiro atoms. The van der Waals surface area contributed by atoms with Gasteiger partial charge in [-0.15, -0.1) is 10.2 Å². The Hall–Kier alpha value is -2.67. The van der Waals surface area contributed by atoms with Crippen molar-refractivity contribution >= 4 is 16.9 Å². The van der Waals surface area contributed by atoms with Gasteiger partial charge < -0.3 is 18.5 Å². The molecule has 1 atom stereocenters. The molecule has 130 valence electrons. The Morgan fingerprint density at radius 2 is 2.04 bits per heavy atom. The summed E-state index contributed by atoms with van der Waals surface area (Å²) in [4.78, 5) is 14.7. The molecule has 25 heavy (non-hydrogen) atoms. The van der Waals surface area contributed by atoms with Crippen LogP contribution in [0.15, 0.2) is 27.0 Å². The maximum absolute atomic E-state index is 13.0. The summed E-state index contributed by atoms with van der Waals surface area (Å²) in [6.45, 7) is 6.88. The SMILES string of the molecule is Cc1nnc([C@H]2CN(C(=O)c3oc4c(C)cccc4c3C)CCO2)o1. The summed E-state index contributed by atoms with van der Waals surface area (Å²) in [6, 6.07) is 5.92. The van der Waals surface area contributed by atoms with Crippen LogP contribution in [0.3, 0.4) is 0 Å². The average Bonchev–Trinajstić information content (AvgIpc) is 3.20. The average molecular weight is 341 g/mol. The molecule has 7 heteroatoms. The zero-order chi connectivity index (χ0) is 17.6. The number of carbonyl (C=O) groups is 1. The number of ether oxygens (including phenoxy) is 1. The number of furan rings is 1. The van der Waals surface area contributed by atoms with Crippen LogP contribution >= 0.6 is 0 Å². The van der Waals surface area contributed by atoms with Crippen LogP contribution in [0.4, 0.5) is 0 Å². The Bertz CT molecular complexity index is 943. The molecule has 0 bridgehead atoms. The second-order valence-electron chi connectivity index (χ2n) is 6.28. The van der Waals surface area contributed by atoms with Gasteiger partial charge in [0.2, 0.25) is 11.8 Å². The molecule has 1 aromatic carbocycles. The Kier molecular flexibility index (Phi) is 3.80. The molecule has 3 heterocycles. The molecule has 0 N–H and O–H groups in total. The van der Waals surface area contributed by atoms with Crippen molar-refractivity contribution in [3.63, 3.8) is 0 Å². The van der Waals surface area contributed by atoms with Gasteiger partial charge in [-0.2, -0.15) is 0 Å². The van der Waals surface area contributed by atoms with E-state index in [2.05, 4.69) is 10.2 Å². The van der Waals surface area contributed by atoms with Crippen LogP contribution in [0.5, 0.6) is 0 Å². The lowest BCUT2D eigenvalue weighted by molar-refractivity contribution is -0.0357. The van der Waals surface area contributed by atoms with Gasteiger partial charge in [0.25, 0.3) is 5.91 Å². The smallest absolute Gasteiger partial charge is 0.290 e. The number of morpholine rings is 1. The minimum Gasteiger partial charge on any atom is -0.450 e. The fourth-order valence-corrected chi connectivity index (χ4v) is 3.16. The Labute approximate surface area is 144 Å². The van der Waals surface area contributed by atoms with Crippen molar-refractivity contribution in [1.29, 1.82) is 0 Å². The van der Waals surface area contributed by atoms with Gasteiger partial charge in [-0.05, 0) is 19.4 Å². The van der Waals surface area contributed by atoms with Gasteiger partial charge in [-0.3, -0.25) is 4.79 Å². The molecule has 1 aliphatic rings. The first-order valence-corrected chi connectivity index (χ1v) is 8.24. The van der Waals surface area contributed by atoms with Crippen molar-refractivity contribution in [3.8, 4) is 0 Å². The van der Waals surface area contributed by atoms with E-state index in [-0.39, 0.29) is 5.91 Å². The number of nitrogens with zero attached hydrogens (tertiary/aromatic N) is 3. The van der Waals surface area contributed by atoms with E-state index in [4.69, 9.17) is 13.6 Å². The van der Waals surface area contributed by atoms with Crippen molar-refractivity contribution < 1.29 is 18.4 Å². The van der Waals surface area contributed by atoms with E-state index in [0.29, 0.717) is 37.2 Å². The fraction of sp³-hybridized carbons (Fsp3) is 0.389. The molecular weight excluding hydrogens is 322 g/mol. The van der Waals surface area contributed by atoms with Gasteiger partial charge in [0.1, 0.15) is 5.58 Å². The molecule has 0 saturated carbocycles. The third kappa shape index (κ3) is 2.70. The zero-order valence-electron chi connectivity index (χ0n) is 14.4. The van der Waals surface area contributed by atoms with Crippen LogP contribution in [-0.4, -0.2) is 40.7 Å². The van der Waals surface area contributed by atoms with Crippen LogP contribution < -0.4 is 0 Å². The highest BCUT2D eigenvalue weighted by Crippen LogP contribution is 2.30. The van der Waals surface area contributed by atoms with Crippen LogP contribution in [0.25, 0.3) is 11.0 Å². The minimum absolute atomic E-state index is 0.141. The molecule has 7 nitrogen and oxygen atoms in total. The van der Waals surface area contributed by atoms with Gasteiger partial charge in [-0.1, -0.05) is 18.2 Å². The summed E-state index contributed by atoms with van der Waals surface area (Å²) in [7, 11) is 0. The normalized spacial score (nSPS) is 18.0. The van der Waals surface area contributed by atoms with E-state index in [1.54, 1.807) is 11.8 Å². The Balaban J connectivity index is 1.62. The molecule has 0 radical (unpaired) electrons. The predicted molar refractivity (Wildman–Crippen MR) is 89.3 cm³/mol. The maximum atomic E-state index is 13.0. The monoisotopic (exact) mass is 341 g/mol. The van der Waals surface area contributed by atoms with Crippen LogP contribution in [0.1, 0.15) is 39.6 Å². The molecule has 0 unspecified atom stereocenters. The second-order valence-corrected chi connectivity index (χ2v) is 6.28. The standard InChI is InChI=1S/C18H19N3O4/c1-10-5-4-6-13-11(2)16(25-15(10)13)18(22)21-7-8-23-14(9-21)17-20-19-12(3)24-17/h4-6,14H,7-9H2,1-3H3/t14-/m1/s1. The predicted octanol–water partition coefficient (Wildman–Crippen LogP) is 2.95. The molecule has 0 aliphatic carbocycles. The Morgan fingerprint density at radius 1 is 1.20 bits per heavy atom. The minimum atomic E-state index is -0.412.